The normalized spacial score (nSPS) is 19.6. The van der Waals surface area contributed by atoms with Gasteiger partial charge >= 0.3 is 5.97 Å². The largest absolute Gasteiger partial charge is 0.481 e. The molecule has 0 spiro atoms. The van der Waals surface area contributed by atoms with Crippen molar-refractivity contribution in [1.82, 2.24) is 4.90 Å². The molecule has 0 aromatic rings. The molecule has 1 aliphatic heterocycles. The van der Waals surface area contributed by atoms with E-state index in [1.807, 2.05) is 13.8 Å². The highest BCUT2D eigenvalue weighted by atomic mass is 16.4. The van der Waals surface area contributed by atoms with Crippen molar-refractivity contribution in [3.8, 4) is 0 Å². The second-order valence-corrected chi connectivity index (χ2v) is 5.09. The molecule has 1 saturated heterocycles. The first-order valence-corrected chi connectivity index (χ1v) is 6.19. The molecular formula is C12H22N2O3. The zero-order valence-electron chi connectivity index (χ0n) is 10.6. The van der Waals surface area contributed by atoms with Crippen LogP contribution in [0.4, 0.5) is 0 Å². The van der Waals surface area contributed by atoms with Gasteiger partial charge in [-0.25, -0.2) is 0 Å². The molecule has 0 radical (unpaired) electrons. The highest BCUT2D eigenvalue weighted by molar-refractivity contribution is 5.82. The van der Waals surface area contributed by atoms with Crippen LogP contribution >= 0.6 is 0 Å². The van der Waals surface area contributed by atoms with Gasteiger partial charge in [-0.2, -0.15) is 0 Å². The number of likely N-dealkylation sites (tertiary alicyclic amines) is 1. The highest BCUT2D eigenvalue weighted by Crippen LogP contribution is 2.20. The Hall–Kier alpha value is -1.10. The molecule has 5 heteroatoms. The Morgan fingerprint density at radius 1 is 1.35 bits per heavy atom. The van der Waals surface area contributed by atoms with Crippen molar-refractivity contribution in [2.24, 2.45) is 17.6 Å². The summed E-state index contributed by atoms with van der Waals surface area (Å²) in [6.07, 6.45) is 2.70. The Morgan fingerprint density at radius 3 is 2.41 bits per heavy atom. The Labute approximate surface area is 102 Å². The fourth-order valence-corrected chi connectivity index (χ4v) is 2.00. The van der Waals surface area contributed by atoms with Crippen LogP contribution in [0.25, 0.3) is 0 Å². The van der Waals surface area contributed by atoms with Gasteiger partial charge in [0, 0.05) is 25.0 Å². The van der Waals surface area contributed by atoms with Gasteiger partial charge in [-0.15, -0.1) is 0 Å². The number of carbonyl (C=O) groups excluding carboxylic acids is 1. The Bertz CT molecular complexity index is 285. The number of hydrogen-bond donors (Lipinski definition) is 2. The summed E-state index contributed by atoms with van der Waals surface area (Å²) in [6, 6.07) is 0.178. The Kier molecular flexibility index (Phi) is 4.93. The number of hydrogen-bond acceptors (Lipinski definition) is 3. The lowest BCUT2D eigenvalue weighted by molar-refractivity contribution is -0.154. The van der Waals surface area contributed by atoms with E-state index < -0.39 is 5.97 Å². The lowest BCUT2D eigenvalue weighted by atomic mass is 9.95. The summed E-state index contributed by atoms with van der Waals surface area (Å²) in [5.41, 5.74) is 5.64. The quantitative estimate of drug-likeness (QED) is 0.717. The van der Waals surface area contributed by atoms with Crippen molar-refractivity contribution in [3.63, 3.8) is 0 Å². The van der Waals surface area contributed by atoms with Gasteiger partial charge in [-0.1, -0.05) is 13.3 Å². The van der Waals surface area contributed by atoms with Gasteiger partial charge in [0.15, 0.2) is 0 Å². The number of amides is 1. The van der Waals surface area contributed by atoms with E-state index in [9.17, 15) is 9.59 Å². The Morgan fingerprint density at radius 2 is 1.94 bits per heavy atom. The van der Waals surface area contributed by atoms with Crippen LogP contribution in [0.3, 0.4) is 0 Å². The minimum Gasteiger partial charge on any atom is -0.481 e. The van der Waals surface area contributed by atoms with Gasteiger partial charge in [-0.3, -0.25) is 9.59 Å². The van der Waals surface area contributed by atoms with Gasteiger partial charge < -0.3 is 15.7 Å². The fourth-order valence-electron chi connectivity index (χ4n) is 2.00. The third-order valence-corrected chi connectivity index (χ3v) is 3.26. The summed E-state index contributed by atoms with van der Waals surface area (Å²) >= 11 is 0. The predicted octanol–water partition coefficient (Wildman–Crippen LogP) is 0.683. The van der Waals surface area contributed by atoms with Crippen LogP contribution in [0, 0.1) is 11.8 Å². The van der Waals surface area contributed by atoms with E-state index in [2.05, 4.69) is 0 Å². The van der Waals surface area contributed by atoms with Crippen LogP contribution < -0.4 is 5.73 Å². The number of carbonyl (C=O) groups is 2. The second-order valence-electron chi connectivity index (χ2n) is 5.09. The maximum Gasteiger partial charge on any atom is 0.310 e. The number of rotatable bonds is 6. The van der Waals surface area contributed by atoms with Crippen LogP contribution in [0.15, 0.2) is 0 Å². The average molecular weight is 242 g/mol. The Balaban J connectivity index is 2.22. The molecule has 0 aromatic heterocycles. The van der Waals surface area contributed by atoms with Gasteiger partial charge in [0.05, 0.1) is 5.92 Å². The fraction of sp³-hybridized carbons (Fsp3) is 0.833. The lowest BCUT2D eigenvalue weighted by Gasteiger charge is -2.38. The molecule has 0 aromatic carbocycles. The van der Waals surface area contributed by atoms with Crippen molar-refractivity contribution >= 4 is 11.9 Å². The topological polar surface area (TPSA) is 83.6 Å². The van der Waals surface area contributed by atoms with Gasteiger partial charge in [-0.05, 0) is 19.8 Å². The molecule has 0 bridgehead atoms. The maximum atomic E-state index is 11.9. The van der Waals surface area contributed by atoms with E-state index in [1.54, 1.807) is 4.90 Å². The van der Waals surface area contributed by atoms with Gasteiger partial charge in [0.1, 0.15) is 0 Å². The maximum absolute atomic E-state index is 11.9. The molecule has 1 aliphatic rings. The van der Waals surface area contributed by atoms with E-state index in [0.717, 1.165) is 19.3 Å². The molecule has 2 unspecified atom stereocenters. The molecular weight excluding hydrogens is 220 g/mol. The van der Waals surface area contributed by atoms with Gasteiger partial charge in [0.2, 0.25) is 5.91 Å². The smallest absolute Gasteiger partial charge is 0.310 e. The number of nitrogens with two attached hydrogens (primary N) is 1. The molecule has 0 saturated carbocycles. The monoisotopic (exact) mass is 242 g/mol. The number of carboxylic acid groups (broad SMARTS) is 1. The summed E-state index contributed by atoms with van der Waals surface area (Å²) in [4.78, 5) is 24.1. The van der Waals surface area contributed by atoms with Crippen molar-refractivity contribution in [2.45, 2.75) is 39.2 Å². The van der Waals surface area contributed by atoms with Crippen molar-refractivity contribution in [2.75, 3.05) is 13.1 Å². The predicted molar refractivity (Wildman–Crippen MR) is 64.4 cm³/mol. The zero-order valence-corrected chi connectivity index (χ0v) is 10.6. The van der Waals surface area contributed by atoms with Gasteiger partial charge in [0.25, 0.3) is 0 Å². The van der Waals surface area contributed by atoms with Crippen LogP contribution in [0.2, 0.25) is 0 Å². The number of nitrogens with zero attached hydrogens (tertiary/aromatic N) is 1. The van der Waals surface area contributed by atoms with Crippen molar-refractivity contribution < 1.29 is 14.7 Å². The summed E-state index contributed by atoms with van der Waals surface area (Å²) < 4.78 is 0. The van der Waals surface area contributed by atoms with Crippen LogP contribution in [-0.2, 0) is 9.59 Å². The molecule has 1 rings (SSSR count). The van der Waals surface area contributed by atoms with Crippen LogP contribution in [0.5, 0.6) is 0 Å². The summed E-state index contributed by atoms with van der Waals surface area (Å²) in [6.45, 7) is 4.59. The van der Waals surface area contributed by atoms with E-state index in [0.29, 0.717) is 13.1 Å². The molecule has 98 valence electrons. The highest BCUT2D eigenvalue weighted by Gasteiger charge is 2.36. The average Bonchev–Trinajstić information content (AvgIpc) is 2.13. The summed E-state index contributed by atoms with van der Waals surface area (Å²) in [7, 11) is 0. The zero-order chi connectivity index (χ0) is 13.0. The van der Waals surface area contributed by atoms with E-state index in [-0.39, 0.29) is 23.8 Å². The SMILES string of the molecule is CC(N)CCCC(C)C(=O)N1CC(C(=O)O)C1. The third kappa shape index (κ3) is 4.00. The summed E-state index contributed by atoms with van der Waals surface area (Å²) in [5.74, 6) is -1.12. The summed E-state index contributed by atoms with van der Waals surface area (Å²) in [5, 5.41) is 8.72. The first-order chi connectivity index (χ1) is 7.91. The molecule has 1 fully saturated rings. The van der Waals surface area contributed by atoms with Crippen molar-refractivity contribution in [1.29, 1.82) is 0 Å². The minimum atomic E-state index is -0.807. The molecule has 5 nitrogen and oxygen atoms in total. The molecule has 1 heterocycles. The molecule has 17 heavy (non-hydrogen) atoms. The third-order valence-electron chi connectivity index (χ3n) is 3.26. The first kappa shape index (κ1) is 14.0. The standard InChI is InChI=1S/C12H22N2O3/c1-8(4-3-5-9(2)13)11(15)14-6-10(7-14)12(16)17/h8-10H,3-7,13H2,1-2H3,(H,16,17). The minimum absolute atomic E-state index is 0.0245. The second kappa shape index (κ2) is 6.00. The van der Waals surface area contributed by atoms with E-state index >= 15 is 0 Å². The van der Waals surface area contributed by atoms with Crippen LogP contribution in [0.1, 0.15) is 33.1 Å². The molecule has 2 atom stereocenters. The van der Waals surface area contributed by atoms with E-state index in [1.165, 1.54) is 0 Å². The number of carboxylic acids is 1. The van der Waals surface area contributed by atoms with Crippen LogP contribution in [-0.4, -0.2) is 41.0 Å². The van der Waals surface area contributed by atoms with Crippen molar-refractivity contribution in [3.05, 3.63) is 0 Å². The first-order valence-electron chi connectivity index (χ1n) is 6.19. The van der Waals surface area contributed by atoms with E-state index in [4.69, 9.17) is 10.8 Å². The molecule has 1 amide bonds. The molecule has 0 aliphatic carbocycles. The molecule has 3 N–H and O–H groups in total. The lowest BCUT2D eigenvalue weighted by Crippen LogP contribution is -2.54. The number of aliphatic carboxylic acids is 1.